The molecule has 1 atom stereocenters. The molecule has 1 heterocycles. The van der Waals surface area contributed by atoms with Crippen LogP contribution in [-0.4, -0.2) is 24.7 Å². The maximum absolute atomic E-state index is 9.04. The minimum Gasteiger partial charge on any atom is -0.314 e. The Kier molecular flexibility index (Phi) is 3.07. The molecule has 1 aliphatic rings. The van der Waals surface area contributed by atoms with Crippen molar-refractivity contribution in [2.75, 3.05) is 13.1 Å². The van der Waals surface area contributed by atoms with Gasteiger partial charge in [-0.1, -0.05) is 0 Å². The van der Waals surface area contributed by atoms with Crippen LogP contribution in [0.15, 0.2) is 0 Å². The van der Waals surface area contributed by atoms with Crippen molar-refractivity contribution >= 4 is 0 Å². The van der Waals surface area contributed by atoms with Crippen molar-refractivity contribution in [2.24, 2.45) is 0 Å². The molecule has 3 heteroatoms. The fourth-order valence-corrected chi connectivity index (χ4v) is 1.71. The number of hydrogen-bond acceptors (Lipinski definition) is 3. The van der Waals surface area contributed by atoms with Crippen LogP contribution in [0.3, 0.4) is 0 Å². The van der Waals surface area contributed by atoms with Crippen molar-refractivity contribution in [3.05, 3.63) is 0 Å². The van der Waals surface area contributed by atoms with Crippen LogP contribution in [0.1, 0.15) is 26.7 Å². The zero-order chi connectivity index (χ0) is 9.03. The number of hydrogen-bond donors (Lipinski definition) is 2. The van der Waals surface area contributed by atoms with E-state index in [1.807, 2.05) is 0 Å². The van der Waals surface area contributed by atoms with Crippen LogP contribution in [-0.2, 0) is 0 Å². The first-order valence-electron chi connectivity index (χ1n) is 4.58. The zero-order valence-corrected chi connectivity index (χ0v) is 7.85. The SMILES string of the molecule is CC(C)NC1(C#N)CCCNC1. The quantitative estimate of drug-likeness (QED) is 0.634. The van der Waals surface area contributed by atoms with Crippen LogP contribution in [0, 0.1) is 11.3 Å². The van der Waals surface area contributed by atoms with Crippen molar-refractivity contribution in [3.63, 3.8) is 0 Å². The highest BCUT2D eigenvalue weighted by atomic mass is 15.1. The standard InChI is InChI=1S/C9H17N3/c1-8(2)12-9(6-10)4-3-5-11-7-9/h8,11-12H,3-5,7H2,1-2H3. The molecule has 0 amide bonds. The topological polar surface area (TPSA) is 47.9 Å². The van der Waals surface area contributed by atoms with E-state index >= 15 is 0 Å². The van der Waals surface area contributed by atoms with Crippen molar-refractivity contribution < 1.29 is 0 Å². The van der Waals surface area contributed by atoms with E-state index in [-0.39, 0.29) is 5.54 Å². The molecule has 0 radical (unpaired) electrons. The van der Waals surface area contributed by atoms with E-state index < -0.39 is 0 Å². The predicted molar refractivity (Wildman–Crippen MR) is 48.7 cm³/mol. The van der Waals surface area contributed by atoms with Gasteiger partial charge in [-0.05, 0) is 33.2 Å². The third-order valence-electron chi connectivity index (χ3n) is 2.16. The second-order valence-corrected chi connectivity index (χ2v) is 3.77. The van der Waals surface area contributed by atoms with Crippen LogP contribution >= 0.6 is 0 Å². The molecule has 1 rings (SSSR count). The van der Waals surface area contributed by atoms with Gasteiger partial charge in [0.2, 0.25) is 0 Å². The molecule has 68 valence electrons. The van der Waals surface area contributed by atoms with Gasteiger partial charge >= 0.3 is 0 Å². The molecule has 1 fully saturated rings. The molecule has 12 heavy (non-hydrogen) atoms. The molecular weight excluding hydrogens is 150 g/mol. The lowest BCUT2D eigenvalue weighted by atomic mass is 9.91. The fourth-order valence-electron chi connectivity index (χ4n) is 1.71. The lowest BCUT2D eigenvalue weighted by molar-refractivity contribution is 0.295. The molecule has 1 saturated heterocycles. The summed E-state index contributed by atoms with van der Waals surface area (Å²) in [6.07, 6.45) is 2.06. The zero-order valence-electron chi connectivity index (χ0n) is 7.85. The minimum absolute atomic E-state index is 0.313. The molecule has 0 bridgehead atoms. The summed E-state index contributed by atoms with van der Waals surface area (Å²) in [6.45, 7) is 5.98. The minimum atomic E-state index is -0.313. The molecule has 0 aromatic carbocycles. The van der Waals surface area contributed by atoms with Crippen LogP contribution < -0.4 is 10.6 Å². The van der Waals surface area contributed by atoms with Crippen molar-refractivity contribution in [1.29, 1.82) is 5.26 Å². The smallest absolute Gasteiger partial charge is 0.119 e. The first kappa shape index (κ1) is 9.50. The number of nitrogens with one attached hydrogen (secondary N) is 2. The largest absolute Gasteiger partial charge is 0.314 e. The van der Waals surface area contributed by atoms with E-state index in [0.29, 0.717) is 6.04 Å². The molecule has 0 saturated carbocycles. The Morgan fingerprint density at radius 2 is 2.33 bits per heavy atom. The molecule has 0 aliphatic carbocycles. The summed E-state index contributed by atoms with van der Waals surface area (Å²) in [4.78, 5) is 0. The summed E-state index contributed by atoms with van der Waals surface area (Å²) in [5.74, 6) is 0. The van der Waals surface area contributed by atoms with Crippen LogP contribution in [0.2, 0.25) is 0 Å². The lowest BCUT2D eigenvalue weighted by Gasteiger charge is -2.33. The molecular formula is C9H17N3. The monoisotopic (exact) mass is 167 g/mol. The van der Waals surface area contributed by atoms with Crippen LogP contribution in [0.25, 0.3) is 0 Å². The number of piperidine rings is 1. The van der Waals surface area contributed by atoms with Crippen molar-refractivity contribution in [1.82, 2.24) is 10.6 Å². The van der Waals surface area contributed by atoms with Crippen LogP contribution in [0.4, 0.5) is 0 Å². The van der Waals surface area contributed by atoms with Gasteiger partial charge in [0, 0.05) is 12.6 Å². The maximum Gasteiger partial charge on any atom is 0.119 e. The lowest BCUT2D eigenvalue weighted by Crippen LogP contribution is -2.56. The predicted octanol–water partition coefficient (Wildman–Crippen LogP) is 0.630. The van der Waals surface area contributed by atoms with Crippen molar-refractivity contribution in [3.8, 4) is 6.07 Å². The van der Waals surface area contributed by atoms with E-state index in [0.717, 1.165) is 25.9 Å². The summed E-state index contributed by atoms with van der Waals surface area (Å²) in [5, 5.41) is 15.6. The molecule has 1 aliphatic heterocycles. The van der Waals surface area contributed by atoms with Gasteiger partial charge in [-0.2, -0.15) is 5.26 Å². The Morgan fingerprint density at radius 3 is 2.75 bits per heavy atom. The van der Waals surface area contributed by atoms with Gasteiger partial charge in [-0.25, -0.2) is 0 Å². The van der Waals surface area contributed by atoms with Crippen LogP contribution in [0.5, 0.6) is 0 Å². The van der Waals surface area contributed by atoms with Gasteiger partial charge in [0.25, 0.3) is 0 Å². The Hall–Kier alpha value is -0.590. The second-order valence-electron chi connectivity index (χ2n) is 3.77. The Labute approximate surface area is 74.1 Å². The van der Waals surface area contributed by atoms with E-state index in [1.54, 1.807) is 0 Å². The van der Waals surface area contributed by atoms with Crippen molar-refractivity contribution in [2.45, 2.75) is 38.3 Å². The molecule has 2 N–H and O–H groups in total. The van der Waals surface area contributed by atoms with Gasteiger partial charge in [0.1, 0.15) is 5.54 Å². The molecule has 0 spiro atoms. The van der Waals surface area contributed by atoms with Gasteiger partial charge in [0.15, 0.2) is 0 Å². The first-order chi connectivity index (χ1) is 5.68. The summed E-state index contributed by atoms with van der Waals surface area (Å²) >= 11 is 0. The highest BCUT2D eigenvalue weighted by Gasteiger charge is 2.31. The normalized spacial score (nSPS) is 30.2. The average Bonchev–Trinajstić information content (AvgIpc) is 2.05. The van der Waals surface area contributed by atoms with E-state index in [1.165, 1.54) is 0 Å². The molecule has 1 unspecified atom stereocenters. The number of rotatable bonds is 2. The summed E-state index contributed by atoms with van der Waals surface area (Å²) in [6, 6.07) is 2.75. The van der Waals surface area contributed by atoms with Gasteiger partial charge in [-0.15, -0.1) is 0 Å². The Bertz CT molecular complexity index is 175. The number of nitrogens with zero attached hydrogens (tertiary/aromatic N) is 1. The van der Waals surface area contributed by atoms with Gasteiger partial charge < -0.3 is 5.32 Å². The highest BCUT2D eigenvalue weighted by Crippen LogP contribution is 2.15. The van der Waals surface area contributed by atoms with Gasteiger partial charge in [0.05, 0.1) is 6.07 Å². The Balaban J connectivity index is 2.55. The van der Waals surface area contributed by atoms with Gasteiger partial charge in [-0.3, -0.25) is 5.32 Å². The first-order valence-corrected chi connectivity index (χ1v) is 4.58. The molecule has 0 aromatic rings. The third kappa shape index (κ3) is 2.20. The fraction of sp³-hybridized carbons (Fsp3) is 0.889. The summed E-state index contributed by atoms with van der Waals surface area (Å²) < 4.78 is 0. The average molecular weight is 167 g/mol. The van der Waals surface area contributed by atoms with E-state index in [2.05, 4.69) is 30.6 Å². The molecule has 0 aromatic heterocycles. The third-order valence-corrected chi connectivity index (χ3v) is 2.16. The van der Waals surface area contributed by atoms with E-state index in [4.69, 9.17) is 5.26 Å². The highest BCUT2D eigenvalue weighted by molar-refractivity contribution is 5.10. The summed E-state index contributed by atoms with van der Waals surface area (Å²) in [7, 11) is 0. The molecule has 3 nitrogen and oxygen atoms in total. The summed E-state index contributed by atoms with van der Waals surface area (Å²) in [5.41, 5.74) is -0.313. The second kappa shape index (κ2) is 3.88. The van der Waals surface area contributed by atoms with E-state index in [9.17, 15) is 0 Å². The maximum atomic E-state index is 9.04. The Morgan fingerprint density at radius 1 is 1.58 bits per heavy atom. The number of nitriles is 1.